The van der Waals surface area contributed by atoms with E-state index in [1.54, 1.807) is 0 Å². The van der Waals surface area contributed by atoms with Gasteiger partial charge in [0, 0.05) is 26.1 Å². The lowest BCUT2D eigenvalue weighted by Crippen LogP contribution is -2.39. The van der Waals surface area contributed by atoms with Crippen LogP contribution in [0.25, 0.3) is 0 Å². The number of hydrogen-bond donors (Lipinski definition) is 1. The van der Waals surface area contributed by atoms with Gasteiger partial charge in [-0.15, -0.1) is 0 Å². The highest BCUT2D eigenvalue weighted by Crippen LogP contribution is 2.26. The van der Waals surface area contributed by atoms with Crippen LogP contribution in [0.15, 0.2) is 18.2 Å². The number of hydrogen-bond acceptors (Lipinski definition) is 5. The third-order valence-electron chi connectivity index (χ3n) is 4.52. The van der Waals surface area contributed by atoms with E-state index in [1.165, 1.54) is 11.1 Å². The minimum absolute atomic E-state index is 0.0258. The van der Waals surface area contributed by atoms with Gasteiger partial charge in [-0.2, -0.15) is 5.10 Å². The Morgan fingerprint density at radius 1 is 1.35 bits per heavy atom. The maximum Gasteiger partial charge on any atom is 0.180 e. The van der Waals surface area contributed by atoms with Crippen LogP contribution in [0.4, 0.5) is 0 Å². The van der Waals surface area contributed by atoms with Crippen LogP contribution in [0.5, 0.6) is 5.75 Å². The van der Waals surface area contributed by atoms with E-state index in [4.69, 9.17) is 9.47 Å². The van der Waals surface area contributed by atoms with Crippen LogP contribution in [0.1, 0.15) is 28.9 Å². The predicted octanol–water partition coefficient (Wildman–Crippen LogP) is 1.66. The summed E-state index contributed by atoms with van der Waals surface area (Å²) in [7, 11) is 0. The largest absolute Gasteiger partial charge is 0.493 e. The van der Waals surface area contributed by atoms with Gasteiger partial charge < -0.3 is 9.47 Å². The van der Waals surface area contributed by atoms with E-state index in [0.29, 0.717) is 0 Å². The molecule has 0 aliphatic carbocycles. The van der Waals surface area contributed by atoms with Gasteiger partial charge in [-0.05, 0) is 30.5 Å². The first-order chi connectivity index (χ1) is 11.3. The molecule has 2 aliphatic rings. The van der Waals surface area contributed by atoms with E-state index < -0.39 is 0 Å². The Balaban J connectivity index is 1.35. The lowest BCUT2D eigenvalue weighted by molar-refractivity contribution is -0.0337. The summed E-state index contributed by atoms with van der Waals surface area (Å²) in [6.45, 7) is 6.31. The molecule has 6 nitrogen and oxygen atoms in total. The van der Waals surface area contributed by atoms with E-state index in [0.717, 1.165) is 63.1 Å². The number of morpholine rings is 1. The van der Waals surface area contributed by atoms with E-state index in [-0.39, 0.29) is 6.10 Å². The Hall–Kier alpha value is -1.92. The standard InChI is InChI=1S/C17H22N4O2/c1-12-18-17(20-19-12)16-11-21(7-9-23-16)6-4-13-2-3-15-14(10-13)5-8-22-15/h2-3,10,16H,4-9,11H2,1H3,(H,18,19,20)/t16-/m0/s1. The minimum Gasteiger partial charge on any atom is -0.493 e. The number of H-pyrrole nitrogens is 1. The molecule has 0 radical (unpaired) electrons. The van der Waals surface area contributed by atoms with E-state index in [2.05, 4.69) is 38.3 Å². The van der Waals surface area contributed by atoms with Crippen LogP contribution in [-0.4, -0.2) is 52.9 Å². The van der Waals surface area contributed by atoms with Crippen LogP contribution in [0.3, 0.4) is 0 Å². The second-order valence-electron chi connectivity index (χ2n) is 6.23. The molecule has 122 valence electrons. The van der Waals surface area contributed by atoms with Crippen molar-refractivity contribution in [2.24, 2.45) is 0 Å². The number of aryl methyl sites for hydroxylation is 1. The van der Waals surface area contributed by atoms with E-state index in [1.807, 2.05) is 6.92 Å². The average Bonchev–Trinajstić information content (AvgIpc) is 3.21. The van der Waals surface area contributed by atoms with Gasteiger partial charge in [0.15, 0.2) is 5.82 Å². The summed E-state index contributed by atoms with van der Waals surface area (Å²) in [5.74, 6) is 2.66. The summed E-state index contributed by atoms with van der Waals surface area (Å²) in [4.78, 5) is 6.83. The maximum atomic E-state index is 5.82. The molecule has 3 heterocycles. The topological polar surface area (TPSA) is 63.3 Å². The Kier molecular flexibility index (Phi) is 4.01. The first-order valence-electron chi connectivity index (χ1n) is 8.25. The van der Waals surface area contributed by atoms with Gasteiger partial charge in [0.05, 0.1) is 13.2 Å². The lowest BCUT2D eigenvalue weighted by atomic mass is 10.1. The molecular formula is C17H22N4O2. The molecule has 1 saturated heterocycles. The molecule has 0 saturated carbocycles. The number of benzene rings is 1. The maximum absolute atomic E-state index is 5.82. The monoisotopic (exact) mass is 314 g/mol. The number of fused-ring (bicyclic) bond motifs is 1. The fourth-order valence-corrected chi connectivity index (χ4v) is 3.25. The SMILES string of the molecule is Cc1nc([C@@H]2CN(CCc3ccc4c(c3)CCO4)CCO2)n[nH]1. The highest BCUT2D eigenvalue weighted by atomic mass is 16.5. The van der Waals surface area contributed by atoms with E-state index >= 15 is 0 Å². The van der Waals surface area contributed by atoms with Crippen LogP contribution in [0, 0.1) is 6.92 Å². The zero-order valence-corrected chi connectivity index (χ0v) is 13.4. The van der Waals surface area contributed by atoms with Crippen LogP contribution < -0.4 is 4.74 Å². The molecule has 6 heteroatoms. The Morgan fingerprint density at radius 2 is 2.30 bits per heavy atom. The first kappa shape index (κ1) is 14.7. The van der Waals surface area contributed by atoms with Gasteiger partial charge in [0.1, 0.15) is 17.7 Å². The van der Waals surface area contributed by atoms with Gasteiger partial charge in [0.2, 0.25) is 0 Å². The van der Waals surface area contributed by atoms with Gasteiger partial charge in [-0.3, -0.25) is 10.00 Å². The summed E-state index contributed by atoms with van der Waals surface area (Å²) in [6.07, 6.45) is 2.06. The quantitative estimate of drug-likeness (QED) is 0.930. The Bertz CT molecular complexity index is 685. The fraction of sp³-hybridized carbons (Fsp3) is 0.529. The summed E-state index contributed by atoms with van der Waals surface area (Å²) in [6, 6.07) is 6.58. The molecule has 0 unspecified atom stereocenters. The lowest BCUT2D eigenvalue weighted by Gasteiger charge is -2.31. The Labute approximate surface area is 135 Å². The first-order valence-corrected chi connectivity index (χ1v) is 8.25. The van der Waals surface area contributed by atoms with E-state index in [9.17, 15) is 0 Å². The van der Waals surface area contributed by atoms with Crippen LogP contribution >= 0.6 is 0 Å². The summed E-state index contributed by atoms with van der Waals surface area (Å²) >= 11 is 0. The molecule has 4 rings (SSSR count). The molecule has 1 aromatic heterocycles. The Morgan fingerprint density at radius 3 is 3.17 bits per heavy atom. The van der Waals surface area contributed by atoms with Crippen molar-refractivity contribution in [3.05, 3.63) is 41.0 Å². The average molecular weight is 314 g/mol. The summed E-state index contributed by atoms with van der Waals surface area (Å²) in [5.41, 5.74) is 2.73. The van der Waals surface area contributed by atoms with Crippen molar-refractivity contribution in [3.8, 4) is 5.75 Å². The molecule has 2 aliphatic heterocycles. The van der Waals surface area contributed by atoms with Crippen molar-refractivity contribution in [3.63, 3.8) is 0 Å². The number of nitrogens with zero attached hydrogens (tertiary/aromatic N) is 3. The van der Waals surface area contributed by atoms with Crippen molar-refractivity contribution in [1.29, 1.82) is 0 Å². The molecule has 23 heavy (non-hydrogen) atoms. The van der Waals surface area contributed by atoms with Gasteiger partial charge in [-0.25, -0.2) is 4.98 Å². The highest BCUT2D eigenvalue weighted by molar-refractivity contribution is 5.39. The molecule has 1 fully saturated rings. The molecule has 1 N–H and O–H groups in total. The van der Waals surface area contributed by atoms with Gasteiger partial charge in [-0.1, -0.05) is 12.1 Å². The molecule has 0 amide bonds. The molecule has 1 aromatic carbocycles. The van der Waals surface area contributed by atoms with Crippen molar-refractivity contribution < 1.29 is 9.47 Å². The zero-order chi connectivity index (χ0) is 15.6. The van der Waals surface area contributed by atoms with Crippen molar-refractivity contribution in [1.82, 2.24) is 20.1 Å². The summed E-state index contributed by atoms with van der Waals surface area (Å²) < 4.78 is 11.4. The smallest absolute Gasteiger partial charge is 0.180 e. The minimum atomic E-state index is -0.0258. The predicted molar refractivity (Wildman–Crippen MR) is 85.6 cm³/mol. The van der Waals surface area contributed by atoms with Crippen molar-refractivity contribution in [2.75, 3.05) is 32.8 Å². The molecular weight excluding hydrogens is 292 g/mol. The number of rotatable bonds is 4. The normalized spacial score (nSPS) is 21.2. The van der Waals surface area contributed by atoms with Crippen LogP contribution in [0.2, 0.25) is 0 Å². The molecule has 0 bridgehead atoms. The number of nitrogens with one attached hydrogen (secondary N) is 1. The molecule has 1 atom stereocenters. The molecule has 0 spiro atoms. The second kappa shape index (κ2) is 6.29. The fourth-order valence-electron chi connectivity index (χ4n) is 3.25. The van der Waals surface area contributed by atoms with Crippen molar-refractivity contribution >= 4 is 0 Å². The number of ether oxygens (including phenoxy) is 2. The van der Waals surface area contributed by atoms with Crippen molar-refractivity contribution in [2.45, 2.75) is 25.9 Å². The third kappa shape index (κ3) is 3.23. The van der Waals surface area contributed by atoms with Gasteiger partial charge >= 0.3 is 0 Å². The summed E-state index contributed by atoms with van der Waals surface area (Å²) in [5, 5.41) is 7.12. The van der Waals surface area contributed by atoms with Gasteiger partial charge in [0.25, 0.3) is 0 Å². The van der Waals surface area contributed by atoms with Crippen LogP contribution in [-0.2, 0) is 17.6 Å². The second-order valence-corrected chi connectivity index (χ2v) is 6.23. The highest BCUT2D eigenvalue weighted by Gasteiger charge is 2.24. The molecule has 2 aromatic rings. The number of aromatic nitrogens is 3. The number of aromatic amines is 1. The zero-order valence-electron chi connectivity index (χ0n) is 13.4. The third-order valence-corrected chi connectivity index (χ3v) is 4.52.